The van der Waals surface area contributed by atoms with E-state index in [0.717, 1.165) is 17.1 Å². The van der Waals surface area contributed by atoms with Crippen molar-refractivity contribution in [3.05, 3.63) is 57.0 Å². The second-order valence-corrected chi connectivity index (χ2v) is 4.90. The summed E-state index contributed by atoms with van der Waals surface area (Å²) in [5.41, 5.74) is 0.947. The van der Waals surface area contributed by atoms with Gasteiger partial charge in [0.25, 0.3) is 0 Å². The molecule has 0 aliphatic rings. The van der Waals surface area contributed by atoms with E-state index in [1.165, 1.54) is 17.0 Å². The normalized spacial score (nSPS) is 10.6. The van der Waals surface area contributed by atoms with Crippen LogP contribution in [-0.4, -0.2) is 0 Å². The van der Waals surface area contributed by atoms with E-state index in [0.29, 0.717) is 6.54 Å². The summed E-state index contributed by atoms with van der Waals surface area (Å²) in [6.07, 6.45) is 0. The van der Waals surface area contributed by atoms with E-state index in [1.54, 1.807) is 17.4 Å². The molecule has 4 heteroatoms. The SMILES string of the molecule is Fc1cccc(CNCc2cc(Cl)cs2)c1. The van der Waals surface area contributed by atoms with Crippen LogP contribution in [0.2, 0.25) is 5.02 Å². The topological polar surface area (TPSA) is 12.0 Å². The third-order valence-electron chi connectivity index (χ3n) is 2.14. The molecular weight excluding hydrogens is 245 g/mol. The summed E-state index contributed by atoms with van der Waals surface area (Å²) in [5.74, 6) is -0.196. The molecule has 0 radical (unpaired) electrons. The zero-order valence-corrected chi connectivity index (χ0v) is 10.1. The van der Waals surface area contributed by atoms with Crippen molar-refractivity contribution in [3.63, 3.8) is 0 Å². The fourth-order valence-electron chi connectivity index (χ4n) is 1.42. The lowest BCUT2D eigenvalue weighted by Gasteiger charge is -2.03. The quantitative estimate of drug-likeness (QED) is 0.876. The van der Waals surface area contributed by atoms with Crippen LogP contribution < -0.4 is 5.32 Å². The molecular formula is C12H11ClFNS. The highest BCUT2D eigenvalue weighted by Gasteiger charge is 1.98. The van der Waals surface area contributed by atoms with Gasteiger partial charge in [0.05, 0.1) is 5.02 Å². The van der Waals surface area contributed by atoms with E-state index >= 15 is 0 Å². The molecule has 2 aromatic rings. The van der Waals surface area contributed by atoms with Gasteiger partial charge in [0.2, 0.25) is 0 Å². The number of thiophene rings is 1. The van der Waals surface area contributed by atoms with Gasteiger partial charge in [0.15, 0.2) is 0 Å². The molecule has 1 heterocycles. The summed E-state index contributed by atoms with van der Waals surface area (Å²) >= 11 is 7.43. The lowest BCUT2D eigenvalue weighted by atomic mass is 10.2. The minimum absolute atomic E-state index is 0.196. The Bertz CT molecular complexity index is 470. The maximum Gasteiger partial charge on any atom is 0.123 e. The average molecular weight is 256 g/mol. The van der Waals surface area contributed by atoms with Crippen LogP contribution in [0.1, 0.15) is 10.4 Å². The number of hydrogen-bond acceptors (Lipinski definition) is 2. The van der Waals surface area contributed by atoms with E-state index in [-0.39, 0.29) is 5.82 Å². The summed E-state index contributed by atoms with van der Waals surface area (Å²) in [6, 6.07) is 8.54. The largest absolute Gasteiger partial charge is 0.308 e. The molecule has 0 aliphatic heterocycles. The average Bonchev–Trinajstić information content (AvgIpc) is 2.64. The Morgan fingerprint density at radius 2 is 2.12 bits per heavy atom. The van der Waals surface area contributed by atoms with Gasteiger partial charge in [-0.1, -0.05) is 23.7 Å². The Hall–Kier alpha value is -0.900. The Morgan fingerprint density at radius 3 is 2.81 bits per heavy atom. The van der Waals surface area contributed by atoms with Crippen molar-refractivity contribution in [2.75, 3.05) is 0 Å². The van der Waals surface area contributed by atoms with Gasteiger partial charge >= 0.3 is 0 Å². The molecule has 1 aromatic heterocycles. The van der Waals surface area contributed by atoms with Crippen LogP contribution in [0.15, 0.2) is 35.7 Å². The van der Waals surface area contributed by atoms with E-state index in [2.05, 4.69) is 5.32 Å². The Morgan fingerprint density at radius 1 is 1.25 bits per heavy atom. The third kappa shape index (κ3) is 3.30. The van der Waals surface area contributed by atoms with Crippen molar-refractivity contribution in [2.24, 2.45) is 0 Å². The number of hydrogen-bond donors (Lipinski definition) is 1. The summed E-state index contributed by atoms with van der Waals surface area (Å²) in [4.78, 5) is 1.18. The highest BCUT2D eigenvalue weighted by atomic mass is 35.5. The fraction of sp³-hybridized carbons (Fsp3) is 0.167. The molecule has 0 atom stereocenters. The molecule has 0 spiro atoms. The summed E-state index contributed by atoms with van der Waals surface area (Å²) < 4.78 is 12.9. The van der Waals surface area contributed by atoms with Gasteiger partial charge < -0.3 is 5.32 Å². The smallest absolute Gasteiger partial charge is 0.123 e. The van der Waals surface area contributed by atoms with Gasteiger partial charge in [-0.15, -0.1) is 11.3 Å². The van der Waals surface area contributed by atoms with Crippen LogP contribution >= 0.6 is 22.9 Å². The molecule has 2 rings (SSSR count). The van der Waals surface area contributed by atoms with Gasteiger partial charge in [-0.2, -0.15) is 0 Å². The van der Waals surface area contributed by atoms with Gasteiger partial charge in [-0.25, -0.2) is 4.39 Å². The number of benzene rings is 1. The predicted octanol–water partition coefficient (Wildman–Crippen LogP) is 3.83. The van der Waals surface area contributed by atoms with Gasteiger partial charge in [0, 0.05) is 23.3 Å². The van der Waals surface area contributed by atoms with E-state index < -0.39 is 0 Å². The molecule has 0 aliphatic carbocycles. The molecule has 1 N–H and O–H groups in total. The van der Waals surface area contributed by atoms with Crippen LogP contribution in [0, 0.1) is 5.82 Å². The third-order valence-corrected chi connectivity index (χ3v) is 3.42. The Labute approximate surface area is 103 Å². The minimum Gasteiger partial charge on any atom is -0.308 e. The van der Waals surface area contributed by atoms with Crippen LogP contribution in [-0.2, 0) is 13.1 Å². The molecule has 0 saturated carbocycles. The highest BCUT2D eigenvalue weighted by Crippen LogP contribution is 2.18. The van der Waals surface area contributed by atoms with Crippen molar-refractivity contribution in [3.8, 4) is 0 Å². The maximum absolute atomic E-state index is 12.9. The minimum atomic E-state index is -0.196. The molecule has 1 aromatic carbocycles. The van der Waals surface area contributed by atoms with Crippen LogP contribution in [0.4, 0.5) is 4.39 Å². The molecule has 0 bridgehead atoms. The first-order chi connectivity index (χ1) is 7.74. The van der Waals surface area contributed by atoms with Crippen molar-refractivity contribution < 1.29 is 4.39 Å². The second kappa shape index (κ2) is 5.43. The van der Waals surface area contributed by atoms with Crippen molar-refractivity contribution in [1.82, 2.24) is 5.32 Å². The number of nitrogens with one attached hydrogen (secondary N) is 1. The molecule has 0 saturated heterocycles. The van der Waals surface area contributed by atoms with Crippen molar-refractivity contribution >= 4 is 22.9 Å². The monoisotopic (exact) mass is 255 g/mol. The van der Waals surface area contributed by atoms with Crippen molar-refractivity contribution in [2.45, 2.75) is 13.1 Å². The first-order valence-electron chi connectivity index (χ1n) is 4.92. The number of rotatable bonds is 4. The first kappa shape index (κ1) is 11.6. The maximum atomic E-state index is 12.9. The van der Waals surface area contributed by atoms with E-state index in [4.69, 9.17) is 11.6 Å². The molecule has 16 heavy (non-hydrogen) atoms. The predicted molar refractivity (Wildman–Crippen MR) is 66.3 cm³/mol. The van der Waals surface area contributed by atoms with Crippen LogP contribution in [0.3, 0.4) is 0 Å². The molecule has 84 valence electrons. The lowest BCUT2D eigenvalue weighted by Crippen LogP contribution is -2.11. The van der Waals surface area contributed by atoms with Gasteiger partial charge in [0.1, 0.15) is 5.82 Å². The second-order valence-electron chi connectivity index (χ2n) is 3.46. The Balaban J connectivity index is 1.84. The van der Waals surface area contributed by atoms with E-state index in [9.17, 15) is 4.39 Å². The molecule has 1 nitrogen and oxygen atoms in total. The summed E-state index contributed by atoms with van der Waals surface area (Å²) in [6.45, 7) is 1.42. The molecule has 0 fully saturated rings. The fourth-order valence-corrected chi connectivity index (χ4v) is 2.47. The van der Waals surface area contributed by atoms with Crippen LogP contribution in [0.5, 0.6) is 0 Å². The van der Waals surface area contributed by atoms with Gasteiger partial charge in [-0.05, 0) is 23.8 Å². The summed E-state index contributed by atoms with van der Waals surface area (Å²) in [5, 5.41) is 5.92. The number of halogens is 2. The zero-order chi connectivity index (χ0) is 11.4. The standard InChI is InChI=1S/C12H11ClFNS/c13-10-5-12(16-8-10)7-15-6-9-2-1-3-11(14)4-9/h1-5,8,15H,6-7H2. The lowest BCUT2D eigenvalue weighted by molar-refractivity contribution is 0.620. The summed E-state index contributed by atoms with van der Waals surface area (Å²) in [7, 11) is 0. The van der Waals surface area contributed by atoms with Gasteiger partial charge in [-0.3, -0.25) is 0 Å². The molecule has 0 unspecified atom stereocenters. The van der Waals surface area contributed by atoms with Crippen molar-refractivity contribution in [1.29, 1.82) is 0 Å². The highest BCUT2D eigenvalue weighted by molar-refractivity contribution is 7.10. The molecule has 0 amide bonds. The Kier molecular flexibility index (Phi) is 3.93. The van der Waals surface area contributed by atoms with E-state index in [1.807, 2.05) is 17.5 Å². The zero-order valence-electron chi connectivity index (χ0n) is 8.54. The first-order valence-corrected chi connectivity index (χ1v) is 6.18. The van der Waals surface area contributed by atoms with Crippen LogP contribution in [0.25, 0.3) is 0 Å².